The molecule has 0 saturated heterocycles. The van der Waals surface area contributed by atoms with E-state index in [1.165, 1.54) is 27.0 Å². The predicted molar refractivity (Wildman–Crippen MR) is 71.9 cm³/mol. The van der Waals surface area contributed by atoms with Crippen LogP contribution in [-0.4, -0.2) is 29.8 Å². The number of nitrogens with one attached hydrogen (secondary N) is 2. The largest absolute Gasteiger partial charge is 0.495 e. The fraction of sp³-hybridized carbons (Fsp3) is 0.333. The average molecular weight is 287 g/mol. The Labute approximate surface area is 115 Å². The summed E-state index contributed by atoms with van der Waals surface area (Å²) in [5, 5.41) is 14.1. The number of carbonyl (C=O) groups is 2. The topological polar surface area (TPSA) is 87.7 Å². The van der Waals surface area contributed by atoms with E-state index in [2.05, 4.69) is 10.6 Å². The number of hydrogen-bond acceptors (Lipinski definition) is 3. The number of hydrogen-bond donors (Lipinski definition) is 3. The van der Waals surface area contributed by atoms with Gasteiger partial charge in [0.1, 0.15) is 11.3 Å². The number of aliphatic carboxylic acids is 1. The lowest BCUT2D eigenvalue weighted by atomic mass is 10.1. The van der Waals surface area contributed by atoms with E-state index < -0.39 is 17.5 Å². The molecular weight excluding hydrogens is 272 g/mol. The molecule has 0 aliphatic rings. The van der Waals surface area contributed by atoms with Crippen molar-refractivity contribution >= 4 is 29.3 Å². The molecule has 0 heterocycles. The Balaban J connectivity index is 2.75. The molecule has 104 valence electrons. The van der Waals surface area contributed by atoms with Gasteiger partial charge in [-0.25, -0.2) is 9.59 Å². The molecular formula is C12H15ClN2O4. The summed E-state index contributed by atoms with van der Waals surface area (Å²) in [5.41, 5.74) is -0.916. The van der Waals surface area contributed by atoms with Crippen LogP contribution in [0.1, 0.15) is 13.8 Å². The second-order valence-electron chi connectivity index (χ2n) is 4.36. The van der Waals surface area contributed by atoms with Gasteiger partial charge in [-0.1, -0.05) is 11.6 Å². The molecule has 0 aliphatic carbocycles. The van der Waals surface area contributed by atoms with Gasteiger partial charge >= 0.3 is 12.0 Å². The van der Waals surface area contributed by atoms with Gasteiger partial charge in [-0.2, -0.15) is 0 Å². The van der Waals surface area contributed by atoms with Crippen LogP contribution in [0.25, 0.3) is 0 Å². The Kier molecular flexibility index (Phi) is 4.61. The Morgan fingerprint density at radius 2 is 2.00 bits per heavy atom. The highest BCUT2D eigenvalue weighted by atomic mass is 35.5. The van der Waals surface area contributed by atoms with Gasteiger partial charge in [0.25, 0.3) is 0 Å². The molecule has 7 heteroatoms. The molecule has 0 saturated carbocycles. The molecule has 0 aromatic heterocycles. The van der Waals surface area contributed by atoms with E-state index in [1.54, 1.807) is 12.1 Å². The van der Waals surface area contributed by atoms with Crippen molar-refractivity contribution in [2.45, 2.75) is 19.4 Å². The normalized spacial score (nSPS) is 10.7. The van der Waals surface area contributed by atoms with Crippen LogP contribution in [0.5, 0.6) is 5.75 Å². The van der Waals surface area contributed by atoms with E-state index in [1.807, 2.05) is 0 Å². The summed E-state index contributed by atoms with van der Waals surface area (Å²) in [4.78, 5) is 22.5. The molecule has 0 bridgehead atoms. The fourth-order valence-corrected chi connectivity index (χ4v) is 1.43. The summed E-state index contributed by atoms with van der Waals surface area (Å²) in [6.07, 6.45) is 0. The van der Waals surface area contributed by atoms with Crippen molar-refractivity contribution in [3.05, 3.63) is 23.2 Å². The molecule has 1 aromatic rings. The Morgan fingerprint density at radius 1 is 1.37 bits per heavy atom. The lowest BCUT2D eigenvalue weighted by Gasteiger charge is -2.21. The molecule has 0 radical (unpaired) electrons. The van der Waals surface area contributed by atoms with Crippen molar-refractivity contribution in [3.8, 4) is 5.75 Å². The molecule has 19 heavy (non-hydrogen) atoms. The minimum atomic E-state index is -1.36. The standard InChI is InChI=1S/C12H15ClN2O4/c1-12(2,10(16)17)15-11(18)14-7-4-5-8(13)9(6-7)19-3/h4-6H,1-3H3,(H,16,17)(H2,14,15,18). The van der Waals surface area contributed by atoms with Gasteiger partial charge in [0, 0.05) is 11.8 Å². The fourth-order valence-electron chi connectivity index (χ4n) is 1.24. The highest BCUT2D eigenvalue weighted by molar-refractivity contribution is 6.32. The zero-order chi connectivity index (χ0) is 14.6. The van der Waals surface area contributed by atoms with E-state index in [4.69, 9.17) is 21.4 Å². The number of benzene rings is 1. The number of rotatable bonds is 4. The van der Waals surface area contributed by atoms with Crippen molar-refractivity contribution in [1.29, 1.82) is 0 Å². The van der Waals surface area contributed by atoms with Crippen molar-refractivity contribution < 1.29 is 19.4 Å². The minimum Gasteiger partial charge on any atom is -0.495 e. The summed E-state index contributed by atoms with van der Waals surface area (Å²) >= 11 is 5.85. The SMILES string of the molecule is COc1cc(NC(=O)NC(C)(C)C(=O)O)ccc1Cl. The Morgan fingerprint density at radius 3 is 2.53 bits per heavy atom. The molecule has 1 rings (SSSR count). The summed E-state index contributed by atoms with van der Waals surface area (Å²) in [6.45, 7) is 2.77. The molecule has 2 amide bonds. The number of carboxylic acids is 1. The first-order valence-electron chi connectivity index (χ1n) is 5.42. The third kappa shape index (κ3) is 4.03. The van der Waals surface area contributed by atoms with Crippen LogP contribution >= 0.6 is 11.6 Å². The number of methoxy groups -OCH3 is 1. The zero-order valence-corrected chi connectivity index (χ0v) is 11.5. The first-order chi connectivity index (χ1) is 8.76. The molecule has 6 nitrogen and oxygen atoms in total. The van der Waals surface area contributed by atoms with Crippen molar-refractivity contribution in [2.24, 2.45) is 0 Å². The summed E-state index contributed by atoms with van der Waals surface area (Å²) in [5.74, 6) is -0.715. The Bertz CT molecular complexity index is 503. The van der Waals surface area contributed by atoms with Crippen LogP contribution in [0.3, 0.4) is 0 Å². The first kappa shape index (κ1) is 15.1. The molecule has 0 unspecified atom stereocenters. The van der Waals surface area contributed by atoms with Gasteiger partial charge < -0.3 is 20.5 Å². The van der Waals surface area contributed by atoms with Crippen LogP contribution < -0.4 is 15.4 Å². The van der Waals surface area contributed by atoms with Gasteiger partial charge in [-0.3, -0.25) is 0 Å². The third-order valence-electron chi connectivity index (χ3n) is 2.37. The molecule has 0 spiro atoms. The second-order valence-corrected chi connectivity index (χ2v) is 4.77. The van der Waals surface area contributed by atoms with Gasteiger partial charge in [0.05, 0.1) is 12.1 Å². The summed E-state index contributed by atoms with van der Waals surface area (Å²) in [6, 6.07) is 4.06. The highest BCUT2D eigenvalue weighted by Crippen LogP contribution is 2.27. The van der Waals surface area contributed by atoms with Gasteiger partial charge in [0.15, 0.2) is 0 Å². The summed E-state index contributed by atoms with van der Waals surface area (Å²) < 4.78 is 5.01. The average Bonchev–Trinajstić information content (AvgIpc) is 2.30. The van der Waals surface area contributed by atoms with Crippen LogP contribution in [0.4, 0.5) is 10.5 Å². The van der Waals surface area contributed by atoms with E-state index in [9.17, 15) is 9.59 Å². The quantitative estimate of drug-likeness (QED) is 0.793. The Hall–Kier alpha value is -1.95. The lowest BCUT2D eigenvalue weighted by molar-refractivity contribution is -0.142. The smallest absolute Gasteiger partial charge is 0.328 e. The number of urea groups is 1. The maximum atomic E-state index is 11.7. The van der Waals surface area contributed by atoms with Crippen LogP contribution in [0.2, 0.25) is 5.02 Å². The molecule has 0 aliphatic heterocycles. The van der Waals surface area contributed by atoms with Crippen molar-refractivity contribution in [2.75, 3.05) is 12.4 Å². The third-order valence-corrected chi connectivity index (χ3v) is 2.68. The number of halogens is 1. The van der Waals surface area contributed by atoms with E-state index in [0.717, 1.165) is 0 Å². The summed E-state index contributed by atoms with van der Waals surface area (Å²) in [7, 11) is 1.46. The lowest BCUT2D eigenvalue weighted by Crippen LogP contribution is -2.51. The molecule has 0 atom stereocenters. The van der Waals surface area contributed by atoms with Gasteiger partial charge in [-0.05, 0) is 26.0 Å². The number of amides is 2. The van der Waals surface area contributed by atoms with Crippen LogP contribution in [0.15, 0.2) is 18.2 Å². The van der Waals surface area contributed by atoms with Gasteiger partial charge in [-0.15, -0.1) is 0 Å². The maximum absolute atomic E-state index is 11.7. The maximum Gasteiger partial charge on any atom is 0.328 e. The molecule has 1 aromatic carbocycles. The zero-order valence-electron chi connectivity index (χ0n) is 10.8. The van der Waals surface area contributed by atoms with E-state index in [-0.39, 0.29) is 0 Å². The first-order valence-corrected chi connectivity index (χ1v) is 5.80. The second kappa shape index (κ2) is 5.79. The van der Waals surface area contributed by atoms with Crippen LogP contribution in [0, 0.1) is 0 Å². The number of anilines is 1. The highest BCUT2D eigenvalue weighted by Gasteiger charge is 2.28. The number of ether oxygens (including phenoxy) is 1. The van der Waals surface area contributed by atoms with Crippen molar-refractivity contribution in [3.63, 3.8) is 0 Å². The predicted octanol–water partition coefficient (Wildman–Crippen LogP) is 2.33. The molecule has 3 N–H and O–H groups in total. The number of carbonyl (C=O) groups excluding carboxylic acids is 1. The van der Waals surface area contributed by atoms with Gasteiger partial charge in [0.2, 0.25) is 0 Å². The van der Waals surface area contributed by atoms with Crippen LogP contribution in [-0.2, 0) is 4.79 Å². The minimum absolute atomic E-state index is 0.414. The number of carboxylic acid groups (broad SMARTS) is 1. The molecule has 0 fully saturated rings. The van der Waals surface area contributed by atoms with Crippen molar-refractivity contribution in [1.82, 2.24) is 5.32 Å². The van der Waals surface area contributed by atoms with E-state index >= 15 is 0 Å². The van der Waals surface area contributed by atoms with E-state index in [0.29, 0.717) is 16.5 Å². The monoisotopic (exact) mass is 286 g/mol.